The van der Waals surface area contributed by atoms with Gasteiger partial charge in [0.2, 0.25) is 0 Å². The van der Waals surface area contributed by atoms with Gasteiger partial charge in [-0.3, -0.25) is 0 Å². The van der Waals surface area contributed by atoms with Crippen LogP contribution in [0.25, 0.3) is 0 Å². The zero-order valence-corrected chi connectivity index (χ0v) is 16.0. The predicted octanol–water partition coefficient (Wildman–Crippen LogP) is 0.140. The summed E-state index contributed by atoms with van der Waals surface area (Å²) in [5, 5.41) is 38.6. The quantitative estimate of drug-likeness (QED) is 0.393. The van der Waals surface area contributed by atoms with Gasteiger partial charge < -0.3 is 30.5 Å². The van der Waals surface area contributed by atoms with Crippen molar-refractivity contribution in [3.8, 4) is 5.75 Å². The predicted molar refractivity (Wildman–Crippen MR) is 101 cm³/mol. The number of benzene rings is 2. The summed E-state index contributed by atoms with van der Waals surface area (Å²) in [6.07, 6.45) is 1.58. The van der Waals surface area contributed by atoms with Gasteiger partial charge in [0.15, 0.2) is 5.97 Å². The molecule has 0 spiro atoms. The fraction of sp³-hybridized carbons (Fsp3) is 0.333. The Kier molecular flexibility index (Phi) is 9.70. The first-order chi connectivity index (χ1) is 13.2. The van der Waals surface area contributed by atoms with Crippen LogP contribution in [0.3, 0.4) is 0 Å². The number of quaternary nitrogens is 1. The minimum absolute atomic E-state index is 0.0675. The summed E-state index contributed by atoms with van der Waals surface area (Å²) in [4.78, 5) is 18.0. The average molecular weight is 389 g/mol. The van der Waals surface area contributed by atoms with Crippen LogP contribution in [-0.4, -0.2) is 39.8 Å². The Morgan fingerprint density at radius 3 is 2.29 bits per heavy atom. The molecule has 2 rings (SSSR count). The number of carbonyl (C=O) groups is 2. The van der Waals surface area contributed by atoms with Crippen LogP contribution in [0.5, 0.6) is 5.75 Å². The summed E-state index contributed by atoms with van der Waals surface area (Å²) >= 11 is 0. The SMILES string of the molecule is Cc1ccc(C(O)C(C)[NH2+]CCCc2ccccc2)cc1O.O=C([O-])C(=O)O. The van der Waals surface area contributed by atoms with Gasteiger partial charge in [0.1, 0.15) is 17.9 Å². The Labute approximate surface area is 164 Å². The molecule has 0 saturated heterocycles. The lowest BCUT2D eigenvalue weighted by molar-refractivity contribution is -0.694. The molecule has 2 aromatic rings. The smallest absolute Gasteiger partial charge is 0.351 e. The number of phenols is 1. The number of aliphatic hydroxyl groups excluding tert-OH is 1. The molecular formula is C21H27NO6. The molecule has 7 nitrogen and oxygen atoms in total. The van der Waals surface area contributed by atoms with Gasteiger partial charge in [0.05, 0.1) is 6.54 Å². The fourth-order valence-electron chi connectivity index (χ4n) is 2.57. The van der Waals surface area contributed by atoms with Crippen LogP contribution in [0.15, 0.2) is 48.5 Å². The molecule has 2 aromatic carbocycles. The van der Waals surface area contributed by atoms with Gasteiger partial charge in [-0.1, -0.05) is 42.5 Å². The van der Waals surface area contributed by atoms with Crippen LogP contribution in [-0.2, 0) is 16.0 Å². The number of carboxylic acid groups (broad SMARTS) is 2. The number of aromatic hydroxyl groups is 1. The summed E-state index contributed by atoms with van der Waals surface area (Å²) in [7, 11) is 0. The summed E-state index contributed by atoms with van der Waals surface area (Å²) in [5.41, 5.74) is 2.96. The number of hydrogen-bond donors (Lipinski definition) is 4. The Morgan fingerprint density at radius 2 is 1.75 bits per heavy atom. The van der Waals surface area contributed by atoms with Crippen molar-refractivity contribution in [3.05, 3.63) is 65.2 Å². The highest BCUT2D eigenvalue weighted by Crippen LogP contribution is 2.23. The monoisotopic (exact) mass is 389 g/mol. The molecule has 5 N–H and O–H groups in total. The van der Waals surface area contributed by atoms with Gasteiger partial charge >= 0.3 is 5.97 Å². The maximum Gasteiger partial charge on any atom is 0.351 e. The van der Waals surface area contributed by atoms with Crippen LogP contribution in [0, 0.1) is 6.92 Å². The maximum absolute atomic E-state index is 10.4. The van der Waals surface area contributed by atoms with Gasteiger partial charge in [-0.15, -0.1) is 0 Å². The van der Waals surface area contributed by atoms with E-state index in [9.17, 15) is 10.2 Å². The van der Waals surface area contributed by atoms with Crippen molar-refractivity contribution >= 4 is 11.9 Å². The van der Waals surface area contributed by atoms with Crippen LogP contribution in [0.4, 0.5) is 0 Å². The first-order valence-electron chi connectivity index (χ1n) is 9.01. The summed E-state index contributed by atoms with van der Waals surface area (Å²) in [6, 6.07) is 15.9. The molecule has 0 aliphatic rings. The van der Waals surface area contributed by atoms with E-state index in [0.717, 1.165) is 30.5 Å². The van der Waals surface area contributed by atoms with Crippen LogP contribution in [0.1, 0.15) is 36.1 Å². The first kappa shape index (κ1) is 23.1. The van der Waals surface area contributed by atoms with Crippen molar-refractivity contribution in [3.63, 3.8) is 0 Å². The zero-order valence-electron chi connectivity index (χ0n) is 16.0. The number of carbonyl (C=O) groups excluding carboxylic acids is 1. The molecule has 0 saturated carbocycles. The van der Waals surface area contributed by atoms with E-state index < -0.39 is 18.0 Å². The van der Waals surface area contributed by atoms with Crippen molar-refractivity contribution in [2.45, 2.75) is 38.8 Å². The standard InChI is InChI=1S/C19H25NO2.C2H2O4/c1-14-10-11-17(13-18(14)21)19(22)15(2)20-12-6-9-16-7-4-3-5-8-16;3-1(4)2(5)6/h3-5,7-8,10-11,13,15,19-22H,6,9,12H2,1-2H3;(H,3,4)(H,5,6). The van der Waals surface area contributed by atoms with E-state index in [1.165, 1.54) is 5.56 Å². The lowest BCUT2D eigenvalue weighted by Crippen LogP contribution is -2.90. The van der Waals surface area contributed by atoms with Crippen LogP contribution < -0.4 is 10.4 Å². The number of rotatable bonds is 7. The van der Waals surface area contributed by atoms with Gasteiger partial charge in [-0.25, -0.2) is 4.79 Å². The molecule has 2 atom stereocenters. The number of nitrogens with two attached hydrogens (primary N) is 1. The first-order valence-corrected chi connectivity index (χ1v) is 9.01. The third-order valence-electron chi connectivity index (χ3n) is 4.30. The van der Waals surface area contributed by atoms with E-state index in [0.29, 0.717) is 0 Å². The van der Waals surface area contributed by atoms with Crippen molar-refractivity contribution in [1.29, 1.82) is 0 Å². The number of aliphatic carboxylic acids is 2. The van der Waals surface area contributed by atoms with Crippen molar-refractivity contribution in [2.24, 2.45) is 0 Å². The van der Waals surface area contributed by atoms with E-state index in [-0.39, 0.29) is 11.8 Å². The number of aryl methyl sites for hydroxylation is 2. The molecule has 0 radical (unpaired) electrons. The highest BCUT2D eigenvalue weighted by molar-refractivity contribution is 6.26. The molecule has 0 aromatic heterocycles. The fourth-order valence-corrected chi connectivity index (χ4v) is 2.57. The third kappa shape index (κ3) is 8.20. The Morgan fingerprint density at radius 1 is 1.14 bits per heavy atom. The minimum Gasteiger partial charge on any atom is -0.539 e. The van der Waals surface area contributed by atoms with Crippen molar-refractivity contribution in [2.75, 3.05) is 6.54 Å². The normalized spacial score (nSPS) is 12.4. The Hall–Kier alpha value is -2.90. The molecule has 0 heterocycles. The molecule has 0 bridgehead atoms. The molecule has 152 valence electrons. The van der Waals surface area contributed by atoms with E-state index in [1.54, 1.807) is 6.07 Å². The largest absolute Gasteiger partial charge is 0.539 e. The van der Waals surface area contributed by atoms with Crippen LogP contribution in [0.2, 0.25) is 0 Å². The highest BCUT2D eigenvalue weighted by atomic mass is 16.4. The Bertz CT molecular complexity index is 751. The van der Waals surface area contributed by atoms with E-state index >= 15 is 0 Å². The molecule has 0 aliphatic carbocycles. The molecule has 0 aliphatic heterocycles. The minimum atomic E-state index is -2.07. The van der Waals surface area contributed by atoms with Gasteiger partial charge in [-0.2, -0.15) is 0 Å². The molecule has 0 amide bonds. The number of hydrogen-bond acceptors (Lipinski definition) is 5. The van der Waals surface area contributed by atoms with Crippen molar-refractivity contribution < 1.29 is 35.3 Å². The molecule has 7 heteroatoms. The second kappa shape index (κ2) is 11.7. The highest BCUT2D eigenvalue weighted by Gasteiger charge is 2.19. The third-order valence-corrected chi connectivity index (χ3v) is 4.30. The van der Waals surface area contributed by atoms with Gasteiger partial charge in [-0.05, 0) is 43.0 Å². The van der Waals surface area contributed by atoms with Crippen molar-refractivity contribution in [1.82, 2.24) is 0 Å². The zero-order chi connectivity index (χ0) is 21.1. The van der Waals surface area contributed by atoms with Gasteiger partial charge in [0.25, 0.3) is 0 Å². The molecule has 28 heavy (non-hydrogen) atoms. The summed E-state index contributed by atoms with van der Waals surface area (Å²) in [5.74, 6) is -3.77. The lowest BCUT2D eigenvalue weighted by atomic mass is 10.0. The second-order valence-corrected chi connectivity index (χ2v) is 6.56. The Balaban J connectivity index is 0.000000568. The number of carboxylic acids is 2. The second-order valence-electron chi connectivity index (χ2n) is 6.56. The maximum atomic E-state index is 10.4. The summed E-state index contributed by atoms with van der Waals surface area (Å²) in [6.45, 7) is 4.85. The topological polar surface area (TPSA) is 134 Å². The van der Waals surface area contributed by atoms with Crippen LogP contribution >= 0.6 is 0 Å². The lowest BCUT2D eigenvalue weighted by Gasteiger charge is -2.18. The number of aliphatic hydroxyl groups is 1. The summed E-state index contributed by atoms with van der Waals surface area (Å²) < 4.78 is 0. The van der Waals surface area contributed by atoms with E-state index in [1.807, 2.05) is 32.0 Å². The molecule has 2 unspecified atom stereocenters. The van der Waals surface area contributed by atoms with E-state index in [2.05, 4.69) is 29.6 Å². The number of phenolic OH excluding ortho intramolecular Hbond substituents is 1. The molecular weight excluding hydrogens is 362 g/mol. The van der Waals surface area contributed by atoms with Gasteiger partial charge in [0, 0.05) is 6.42 Å². The molecule has 0 fully saturated rings. The average Bonchev–Trinajstić information content (AvgIpc) is 2.68. The van der Waals surface area contributed by atoms with E-state index in [4.69, 9.17) is 19.8 Å².